The number of aromatic nitrogens is 1. The molecule has 1 N–H and O–H groups in total. The highest BCUT2D eigenvalue weighted by Gasteiger charge is 1.97. The van der Waals surface area contributed by atoms with Crippen LogP contribution in [0.1, 0.15) is 16.8 Å². The molecule has 1 aromatic heterocycles. The lowest BCUT2D eigenvalue weighted by Crippen LogP contribution is -1.91. The van der Waals surface area contributed by atoms with Gasteiger partial charge in [-0.25, -0.2) is 0 Å². The van der Waals surface area contributed by atoms with Crippen molar-refractivity contribution in [3.05, 3.63) is 59.4 Å². The largest absolute Gasteiger partial charge is 0.365 e. The normalized spacial score (nSPS) is 9.80. The zero-order valence-electron chi connectivity index (χ0n) is 8.40. The molecule has 0 saturated carbocycles. The fraction of sp³-hybridized carbons (Fsp3) is 0.154. The summed E-state index contributed by atoms with van der Waals surface area (Å²) < 4.78 is 0. The first kappa shape index (κ1) is 9.54. The Balaban J connectivity index is 2.02. The molecule has 1 aromatic carbocycles. The number of rotatable bonds is 3. The molecule has 0 aliphatic heterocycles. The number of nitrogens with one attached hydrogen (secondary N) is 1. The van der Waals surface area contributed by atoms with E-state index in [1.807, 2.05) is 30.5 Å². The van der Waals surface area contributed by atoms with Gasteiger partial charge in [0.05, 0.1) is 11.6 Å². The fourth-order valence-electron chi connectivity index (χ4n) is 1.60. The van der Waals surface area contributed by atoms with Crippen LogP contribution in [0.5, 0.6) is 0 Å². The Bertz CT molecular complexity index is 464. The molecule has 0 atom stereocenters. The van der Waals surface area contributed by atoms with E-state index in [2.05, 4.69) is 23.2 Å². The van der Waals surface area contributed by atoms with Crippen molar-refractivity contribution >= 4 is 0 Å². The molecule has 0 bridgehead atoms. The molecule has 15 heavy (non-hydrogen) atoms. The van der Waals surface area contributed by atoms with Crippen LogP contribution in [0.15, 0.2) is 42.6 Å². The Hall–Kier alpha value is -2.01. The summed E-state index contributed by atoms with van der Waals surface area (Å²) in [6.45, 7) is 0. The molecule has 1 heterocycles. The van der Waals surface area contributed by atoms with Gasteiger partial charge < -0.3 is 4.98 Å². The van der Waals surface area contributed by atoms with Crippen LogP contribution in [-0.4, -0.2) is 4.98 Å². The van der Waals surface area contributed by atoms with E-state index >= 15 is 0 Å². The number of hydrogen-bond donors (Lipinski definition) is 1. The standard InChI is InChI=1S/C13H12N2/c14-10-12-4-1-3-11(9-12)6-7-13-5-2-8-15-13/h1-5,8-9,15H,6-7H2. The Kier molecular flexibility index (Phi) is 2.85. The third-order valence-electron chi connectivity index (χ3n) is 2.40. The molecular formula is C13H12N2. The van der Waals surface area contributed by atoms with Gasteiger partial charge in [-0.15, -0.1) is 0 Å². The van der Waals surface area contributed by atoms with Gasteiger partial charge in [0, 0.05) is 11.9 Å². The van der Waals surface area contributed by atoms with Gasteiger partial charge in [0.1, 0.15) is 0 Å². The predicted octanol–water partition coefficient (Wildman–Crippen LogP) is 2.67. The van der Waals surface area contributed by atoms with Crippen LogP contribution in [0.3, 0.4) is 0 Å². The zero-order chi connectivity index (χ0) is 10.5. The third-order valence-corrected chi connectivity index (χ3v) is 2.40. The molecule has 2 aromatic rings. The Morgan fingerprint density at radius 3 is 2.80 bits per heavy atom. The van der Waals surface area contributed by atoms with Crippen molar-refractivity contribution in [1.29, 1.82) is 5.26 Å². The minimum Gasteiger partial charge on any atom is -0.365 e. The van der Waals surface area contributed by atoms with Crippen LogP contribution in [-0.2, 0) is 12.8 Å². The van der Waals surface area contributed by atoms with Gasteiger partial charge in [0.2, 0.25) is 0 Å². The Labute approximate surface area is 89.2 Å². The van der Waals surface area contributed by atoms with Gasteiger partial charge in [0.25, 0.3) is 0 Å². The predicted molar refractivity (Wildman–Crippen MR) is 59.4 cm³/mol. The average Bonchev–Trinajstić information content (AvgIpc) is 2.79. The highest BCUT2D eigenvalue weighted by molar-refractivity contribution is 5.33. The summed E-state index contributed by atoms with van der Waals surface area (Å²) >= 11 is 0. The van der Waals surface area contributed by atoms with Crippen molar-refractivity contribution < 1.29 is 0 Å². The molecule has 2 nitrogen and oxygen atoms in total. The van der Waals surface area contributed by atoms with Crippen LogP contribution < -0.4 is 0 Å². The van der Waals surface area contributed by atoms with E-state index in [0.29, 0.717) is 0 Å². The molecule has 2 heteroatoms. The van der Waals surface area contributed by atoms with Crippen LogP contribution in [0.4, 0.5) is 0 Å². The maximum atomic E-state index is 8.76. The van der Waals surface area contributed by atoms with Crippen molar-refractivity contribution in [2.24, 2.45) is 0 Å². The fourth-order valence-corrected chi connectivity index (χ4v) is 1.60. The van der Waals surface area contributed by atoms with E-state index in [-0.39, 0.29) is 0 Å². The zero-order valence-corrected chi connectivity index (χ0v) is 8.40. The highest BCUT2D eigenvalue weighted by Crippen LogP contribution is 2.08. The van der Waals surface area contributed by atoms with Gasteiger partial charge >= 0.3 is 0 Å². The number of aromatic amines is 1. The van der Waals surface area contributed by atoms with Crippen molar-refractivity contribution in [1.82, 2.24) is 4.98 Å². The van der Waals surface area contributed by atoms with Crippen molar-refractivity contribution in [2.75, 3.05) is 0 Å². The average molecular weight is 196 g/mol. The number of benzene rings is 1. The molecule has 0 aliphatic carbocycles. The lowest BCUT2D eigenvalue weighted by Gasteiger charge is -2.00. The van der Waals surface area contributed by atoms with E-state index in [0.717, 1.165) is 18.4 Å². The van der Waals surface area contributed by atoms with Gasteiger partial charge in [-0.1, -0.05) is 12.1 Å². The minimum atomic E-state index is 0.735. The van der Waals surface area contributed by atoms with Crippen LogP contribution >= 0.6 is 0 Å². The molecule has 0 radical (unpaired) electrons. The van der Waals surface area contributed by atoms with Gasteiger partial charge in [-0.3, -0.25) is 0 Å². The second-order valence-electron chi connectivity index (χ2n) is 3.51. The van der Waals surface area contributed by atoms with Crippen molar-refractivity contribution in [3.63, 3.8) is 0 Å². The third kappa shape index (κ3) is 2.47. The quantitative estimate of drug-likeness (QED) is 0.805. The smallest absolute Gasteiger partial charge is 0.0991 e. The van der Waals surface area contributed by atoms with Crippen LogP contribution in [0, 0.1) is 11.3 Å². The first-order valence-corrected chi connectivity index (χ1v) is 5.00. The van der Waals surface area contributed by atoms with Crippen LogP contribution in [0.25, 0.3) is 0 Å². The summed E-state index contributed by atoms with van der Waals surface area (Å²) in [6.07, 6.45) is 3.89. The Morgan fingerprint density at radius 2 is 2.07 bits per heavy atom. The van der Waals surface area contributed by atoms with E-state index in [1.165, 1.54) is 11.3 Å². The summed E-state index contributed by atoms with van der Waals surface area (Å²) in [4.78, 5) is 3.17. The molecule has 0 aliphatic rings. The molecule has 0 fully saturated rings. The van der Waals surface area contributed by atoms with Gasteiger partial charge in [-0.05, 0) is 42.7 Å². The van der Waals surface area contributed by atoms with E-state index in [4.69, 9.17) is 5.26 Å². The second kappa shape index (κ2) is 4.47. The Morgan fingerprint density at radius 1 is 1.13 bits per heavy atom. The molecule has 0 saturated heterocycles. The molecule has 0 amide bonds. The first-order valence-electron chi connectivity index (χ1n) is 5.00. The minimum absolute atomic E-state index is 0.735. The summed E-state index contributed by atoms with van der Waals surface area (Å²) in [5.74, 6) is 0. The summed E-state index contributed by atoms with van der Waals surface area (Å²) in [5, 5.41) is 8.76. The van der Waals surface area contributed by atoms with Crippen molar-refractivity contribution in [3.8, 4) is 6.07 Å². The van der Waals surface area contributed by atoms with Gasteiger partial charge in [-0.2, -0.15) is 5.26 Å². The monoisotopic (exact) mass is 196 g/mol. The van der Waals surface area contributed by atoms with Crippen LogP contribution in [0.2, 0.25) is 0 Å². The lowest BCUT2D eigenvalue weighted by molar-refractivity contribution is 0.925. The molecule has 0 spiro atoms. The molecule has 74 valence electrons. The SMILES string of the molecule is N#Cc1cccc(CCc2ccc[nH]2)c1. The number of hydrogen-bond acceptors (Lipinski definition) is 1. The molecule has 2 rings (SSSR count). The molecule has 0 unspecified atom stereocenters. The number of H-pyrrole nitrogens is 1. The molecular weight excluding hydrogens is 184 g/mol. The summed E-state index contributed by atoms with van der Waals surface area (Å²) in [7, 11) is 0. The second-order valence-corrected chi connectivity index (χ2v) is 3.51. The maximum Gasteiger partial charge on any atom is 0.0991 e. The topological polar surface area (TPSA) is 39.6 Å². The van der Waals surface area contributed by atoms with Crippen molar-refractivity contribution in [2.45, 2.75) is 12.8 Å². The van der Waals surface area contributed by atoms with E-state index in [9.17, 15) is 0 Å². The first-order chi connectivity index (χ1) is 7.38. The maximum absolute atomic E-state index is 8.76. The summed E-state index contributed by atoms with van der Waals surface area (Å²) in [6, 6.07) is 14.0. The number of aryl methyl sites for hydroxylation is 2. The summed E-state index contributed by atoms with van der Waals surface area (Å²) in [5.41, 5.74) is 3.18. The van der Waals surface area contributed by atoms with E-state index in [1.54, 1.807) is 0 Å². The van der Waals surface area contributed by atoms with E-state index < -0.39 is 0 Å². The number of nitrogens with zero attached hydrogens (tertiary/aromatic N) is 1. The van der Waals surface area contributed by atoms with Gasteiger partial charge in [0.15, 0.2) is 0 Å². The highest BCUT2D eigenvalue weighted by atomic mass is 14.7. The lowest BCUT2D eigenvalue weighted by atomic mass is 10.1. The number of nitriles is 1.